The van der Waals surface area contributed by atoms with Crippen LogP contribution in [0.4, 0.5) is 0 Å². The summed E-state index contributed by atoms with van der Waals surface area (Å²) in [5, 5.41) is 8.46. The fourth-order valence-corrected chi connectivity index (χ4v) is 1.86. The first-order valence-corrected chi connectivity index (χ1v) is 9.45. The minimum Gasteiger partial charge on any atom is -0.481 e. The van der Waals surface area contributed by atoms with Crippen molar-refractivity contribution in [1.29, 1.82) is 0 Å². The quantitative estimate of drug-likeness (QED) is 0.326. The van der Waals surface area contributed by atoms with E-state index in [0.29, 0.717) is 13.0 Å². The van der Waals surface area contributed by atoms with Gasteiger partial charge in [0.05, 0.1) is 6.61 Å². The van der Waals surface area contributed by atoms with Gasteiger partial charge in [-0.25, -0.2) is 0 Å². The van der Waals surface area contributed by atoms with Gasteiger partial charge >= 0.3 is 11.9 Å². The number of unbranched alkanes of at least 4 members (excludes halogenated alkanes) is 8. The molecule has 0 aliphatic carbocycles. The molecule has 0 saturated carbocycles. The molecule has 0 aliphatic rings. The van der Waals surface area contributed by atoms with Crippen LogP contribution in [0.3, 0.4) is 0 Å². The van der Waals surface area contributed by atoms with Crippen molar-refractivity contribution < 1.29 is 19.4 Å². The lowest BCUT2D eigenvalue weighted by Gasteiger charge is -2.04. The zero-order valence-electron chi connectivity index (χ0n) is 15.6. The highest BCUT2D eigenvalue weighted by molar-refractivity contribution is 5.69. The molecule has 0 fully saturated rings. The predicted molar refractivity (Wildman–Crippen MR) is 95.6 cm³/mol. The molecule has 0 unspecified atom stereocenters. The maximum atomic E-state index is 11.4. The third-order valence-corrected chi connectivity index (χ3v) is 3.53. The molecule has 4 nitrogen and oxygen atoms in total. The highest BCUT2D eigenvalue weighted by Crippen LogP contribution is 2.08. The third kappa shape index (κ3) is 26.2. The van der Waals surface area contributed by atoms with Crippen LogP contribution in [0.1, 0.15) is 104 Å². The second-order valence-corrected chi connectivity index (χ2v) is 5.94. The van der Waals surface area contributed by atoms with Gasteiger partial charge in [-0.3, -0.25) is 9.59 Å². The number of esters is 1. The van der Waals surface area contributed by atoms with E-state index in [1.807, 2.05) is 0 Å². The normalized spacial score (nSPS) is 9.87. The van der Waals surface area contributed by atoms with Crippen molar-refractivity contribution in [3.8, 4) is 0 Å². The van der Waals surface area contributed by atoms with E-state index in [9.17, 15) is 9.59 Å². The number of aliphatic carboxylic acids is 1. The lowest BCUT2D eigenvalue weighted by atomic mass is 10.1. The average Bonchev–Trinajstić information content (AvgIpc) is 2.53. The monoisotopic (exact) mass is 330 g/mol. The summed E-state index contributed by atoms with van der Waals surface area (Å²) in [6.07, 6.45) is 12.4. The summed E-state index contributed by atoms with van der Waals surface area (Å²) < 4.78 is 5.13. The Hall–Kier alpha value is -1.06. The molecule has 4 heteroatoms. The van der Waals surface area contributed by atoms with Crippen LogP contribution in [-0.2, 0) is 14.3 Å². The number of carbonyl (C=O) groups is 2. The molecule has 0 spiro atoms. The van der Waals surface area contributed by atoms with Gasteiger partial charge in [0.15, 0.2) is 0 Å². The summed E-state index contributed by atoms with van der Waals surface area (Å²) in [7, 11) is 0. The smallest absolute Gasteiger partial charge is 0.305 e. The first kappa shape index (κ1) is 24.2. The molecule has 0 aromatic carbocycles. The summed E-state index contributed by atoms with van der Waals surface area (Å²) in [5.74, 6) is -0.825. The Morgan fingerprint density at radius 3 is 1.74 bits per heavy atom. The Kier molecular flexibility index (Phi) is 22.0. The van der Waals surface area contributed by atoms with E-state index in [-0.39, 0.29) is 12.4 Å². The van der Waals surface area contributed by atoms with Crippen molar-refractivity contribution >= 4 is 11.9 Å². The topological polar surface area (TPSA) is 63.6 Å². The van der Waals surface area contributed by atoms with Crippen LogP contribution in [0.15, 0.2) is 0 Å². The molecule has 0 heterocycles. The van der Waals surface area contributed by atoms with Crippen molar-refractivity contribution in [2.24, 2.45) is 0 Å². The van der Waals surface area contributed by atoms with Gasteiger partial charge in [-0.05, 0) is 19.3 Å². The number of carboxylic acids is 1. The van der Waals surface area contributed by atoms with Crippen molar-refractivity contribution in [2.45, 2.75) is 104 Å². The Morgan fingerprint density at radius 2 is 1.22 bits per heavy atom. The number of hydrogen-bond acceptors (Lipinski definition) is 3. The number of carbonyl (C=O) groups excluding carboxylic acids is 1. The maximum absolute atomic E-state index is 11.4. The second-order valence-electron chi connectivity index (χ2n) is 5.94. The second kappa shape index (κ2) is 20.9. The summed E-state index contributed by atoms with van der Waals surface area (Å²) >= 11 is 0. The van der Waals surface area contributed by atoms with Gasteiger partial charge in [0.25, 0.3) is 0 Å². The molecule has 0 aromatic heterocycles. The summed E-state index contributed by atoms with van der Waals surface area (Å²) in [6.45, 7) is 7.07. The third-order valence-electron chi connectivity index (χ3n) is 3.53. The molecule has 0 atom stereocenters. The molecule has 0 amide bonds. The maximum Gasteiger partial charge on any atom is 0.305 e. The molecule has 0 aromatic rings. The van der Waals surface area contributed by atoms with E-state index in [1.165, 1.54) is 25.7 Å². The molecular formula is C19H38O4. The summed E-state index contributed by atoms with van der Waals surface area (Å²) in [6, 6.07) is 0. The van der Waals surface area contributed by atoms with Gasteiger partial charge in [-0.2, -0.15) is 0 Å². The van der Waals surface area contributed by atoms with Crippen molar-refractivity contribution in [3.05, 3.63) is 0 Å². The van der Waals surface area contributed by atoms with Crippen molar-refractivity contribution in [3.63, 3.8) is 0 Å². The van der Waals surface area contributed by atoms with E-state index in [1.54, 1.807) is 0 Å². The zero-order valence-corrected chi connectivity index (χ0v) is 15.6. The summed E-state index contributed by atoms with van der Waals surface area (Å²) in [5.41, 5.74) is 0. The lowest BCUT2D eigenvalue weighted by molar-refractivity contribution is -0.144. The molecule has 23 heavy (non-hydrogen) atoms. The van der Waals surface area contributed by atoms with Crippen molar-refractivity contribution in [1.82, 2.24) is 0 Å². The van der Waals surface area contributed by atoms with Gasteiger partial charge in [-0.15, -0.1) is 0 Å². The molecule has 138 valence electrons. The van der Waals surface area contributed by atoms with Crippen LogP contribution < -0.4 is 0 Å². The van der Waals surface area contributed by atoms with Crippen LogP contribution in [0, 0.1) is 0 Å². The molecule has 1 N–H and O–H groups in total. The molecule has 0 radical (unpaired) electrons. The fourth-order valence-electron chi connectivity index (χ4n) is 1.86. The first-order valence-electron chi connectivity index (χ1n) is 9.45. The highest BCUT2D eigenvalue weighted by atomic mass is 16.5. The van der Waals surface area contributed by atoms with Gasteiger partial charge in [0.2, 0.25) is 0 Å². The van der Waals surface area contributed by atoms with E-state index in [2.05, 4.69) is 20.8 Å². The van der Waals surface area contributed by atoms with Crippen LogP contribution in [-0.4, -0.2) is 23.7 Å². The molecular weight excluding hydrogens is 292 g/mol. The molecule has 0 bridgehead atoms. The first-order chi connectivity index (χ1) is 11.1. The summed E-state index contributed by atoms with van der Waals surface area (Å²) in [4.78, 5) is 21.6. The van der Waals surface area contributed by atoms with Crippen LogP contribution in [0.25, 0.3) is 0 Å². The van der Waals surface area contributed by atoms with Crippen LogP contribution in [0.5, 0.6) is 0 Å². The molecule has 0 saturated heterocycles. The van der Waals surface area contributed by atoms with Gasteiger partial charge in [0.1, 0.15) is 0 Å². The van der Waals surface area contributed by atoms with Gasteiger partial charge in [-0.1, -0.05) is 72.1 Å². The minimum atomic E-state index is -0.730. The number of rotatable bonds is 14. The molecule has 0 aliphatic heterocycles. The minimum absolute atomic E-state index is 0.0953. The standard InChI is InChI=1S/C15H28O4.C4H10/c1-2-3-4-10-13-19-15(18)12-9-7-5-6-8-11-14(16)17;1-3-4-2/h2-13H2,1H3,(H,16,17);3-4H2,1-2H3. The molecule has 0 rings (SSSR count). The van der Waals surface area contributed by atoms with E-state index in [4.69, 9.17) is 9.84 Å². The number of carboxylic acid groups (broad SMARTS) is 1. The number of ether oxygens (including phenoxy) is 1. The highest BCUT2D eigenvalue weighted by Gasteiger charge is 2.02. The van der Waals surface area contributed by atoms with Crippen LogP contribution >= 0.6 is 0 Å². The van der Waals surface area contributed by atoms with E-state index < -0.39 is 5.97 Å². The van der Waals surface area contributed by atoms with Crippen LogP contribution in [0.2, 0.25) is 0 Å². The average molecular weight is 331 g/mol. The Bertz CT molecular complexity index is 262. The SMILES string of the molecule is CCCC.CCCCCCOC(=O)CCCCCCCC(=O)O. The van der Waals surface area contributed by atoms with Gasteiger partial charge in [0, 0.05) is 12.8 Å². The Morgan fingerprint density at radius 1 is 0.696 bits per heavy atom. The van der Waals surface area contributed by atoms with E-state index >= 15 is 0 Å². The van der Waals surface area contributed by atoms with E-state index in [0.717, 1.165) is 44.9 Å². The number of hydrogen-bond donors (Lipinski definition) is 1. The predicted octanol–water partition coefficient (Wildman–Crippen LogP) is 5.73. The largest absolute Gasteiger partial charge is 0.481 e. The Labute approximate surface area is 143 Å². The Balaban J connectivity index is 0. The lowest BCUT2D eigenvalue weighted by Crippen LogP contribution is -2.05. The fraction of sp³-hybridized carbons (Fsp3) is 0.895. The zero-order chi connectivity index (χ0) is 17.8. The van der Waals surface area contributed by atoms with Gasteiger partial charge < -0.3 is 9.84 Å². The van der Waals surface area contributed by atoms with Crippen molar-refractivity contribution in [2.75, 3.05) is 6.61 Å².